The lowest BCUT2D eigenvalue weighted by Gasteiger charge is -2.06. The van der Waals surface area contributed by atoms with Crippen molar-refractivity contribution in [1.29, 1.82) is 0 Å². The quantitative estimate of drug-likeness (QED) is 0.746. The third-order valence-electron chi connectivity index (χ3n) is 3.39. The number of hydrogen-bond acceptors (Lipinski definition) is 4. The van der Waals surface area contributed by atoms with E-state index in [-0.39, 0.29) is 5.69 Å². The number of benzene rings is 2. The second-order valence-corrected chi connectivity index (χ2v) is 7.00. The zero-order valence-corrected chi connectivity index (χ0v) is 13.4. The van der Waals surface area contributed by atoms with Gasteiger partial charge in [-0.05, 0) is 36.4 Å². The van der Waals surface area contributed by atoms with Gasteiger partial charge in [-0.25, -0.2) is 17.5 Å². The van der Waals surface area contributed by atoms with Crippen molar-refractivity contribution in [1.82, 2.24) is 9.78 Å². The van der Waals surface area contributed by atoms with Crippen LogP contribution in [0, 0.1) is 5.82 Å². The van der Waals surface area contributed by atoms with Gasteiger partial charge in [0.2, 0.25) is 9.84 Å². The first-order chi connectivity index (χ1) is 11.9. The number of halogens is 3. The van der Waals surface area contributed by atoms with Crippen LogP contribution in [0.4, 0.5) is 24.5 Å². The van der Waals surface area contributed by atoms with E-state index >= 15 is 0 Å². The molecule has 130 valence electrons. The summed E-state index contributed by atoms with van der Waals surface area (Å²) in [6.07, 6.45) is 3.00. The molecule has 3 rings (SSSR count). The van der Waals surface area contributed by atoms with Crippen LogP contribution in [0.15, 0.2) is 65.8 Å². The summed E-state index contributed by atoms with van der Waals surface area (Å²) in [4.78, 5) is -0.463. The van der Waals surface area contributed by atoms with E-state index in [9.17, 15) is 21.6 Å². The number of nitrogens with one attached hydrogen (secondary N) is 1. The fourth-order valence-electron chi connectivity index (χ4n) is 2.15. The molecule has 0 bridgehead atoms. The molecule has 25 heavy (non-hydrogen) atoms. The maximum Gasteiger partial charge on any atom is 0.341 e. The molecule has 0 saturated heterocycles. The van der Waals surface area contributed by atoms with Crippen LogP contribution in [0.25, 0.3) is 5.69 Å². The van der Waals surface area contributed by atoms with Gasteiger partial charge in [-0.15, -0.1) is 0 Å². The summed E-state index contributed by atoms with van der Waals surface area (Å²) in [5.41, 5.74) is 1.27. The third-order valence-corrected chi connectivity index (χ3v) is 4.79. The maximum atomic E-state index is 13.7. The van der Waals surface area contributed by atoms with E-state index in [0.717, 1.165) is 12.1 Å². The van der Waals surface area contributed by atoms with Crippen molar-refractivity contribution in [2.75, 3.05) is 5.32 Å². The first-order valence-corrected chi connectivity index (χ1v) is 8.61. The maximum absolute atomic E-state index is 13.7. The van der Waals surface area contributed by atoms with Crippen molar-refractivity contribution in [2.45, 2.75) is 10.7 Å². The molecule has 9 heteroatoms. The van der Waals surface area contributed by atoms with Crippen LogP contribution in [-0.4, -0.2) is 24.0 Å². The first kappa shape index (κ1) is 17.0. The Morgan fingerprint density at radius 3 is 2.32 bits per heavy atom. The van der Waals surface area contributed by atoms with Gasteiger partial charge in [-0.2, -0.15) is 13.9 Å². The van der Waals surface area contributed by atoms with Crippen molar-refractivity contribution in [3.8, 4) is 5.69 Å². The molecular formula is C16H12F3N3O2S. The Hall–Kier alpha value is -2.81. The molecular weight excluding hydrogens is 355 g/mol. The molecule has 1 N–H and O–H groups in total. The van der Waals surface area contributed by atoms with Gasteiger partial charge in [-0.1, -0.05) is 12.1 Å². The van der Waals surface area contributed by atoms with Crippen LogP contribution in [0.3, 0.4) is 0 Å². The van der Waals surface area contributed by atoms with E-state index in [0.29, 0.717) is 11.4 Å². The minimum atomic E-state index is -4.62. The number of nitrogens with zero attached hydrogens (tertiary/aromatic N) is 2. The molecule has 0 atom stereocenters. The molecule has 0 radical (unpaired) electrons. The number of rotatable bonds is 5. The number of aromatic nitrogens is 2. The number of hydrogen-bond donors (Lipinski definition) is 1. The van der Waals surface area contributed by atoms with E-state index in [2.05, 4.69) is 10.4 Å². The minimum Gasteiger partial charge on any atom is -0.353 e. The number of alkyl halides is 2. The number of sulfone groups is 1. The van der Waals surface area contributed by atoms with Crippen molar-refractivity contribution >= 4 is 21.2 Å². The summed E-state index contributed by atoms with van der Waals surface area (Å²) >= 11 is 0. The van der Waals surface area contributed by atoms with Crippen molar-refractivity contribution in [2.24, 2.45) is 0 Å². The highest BCUT2D eigenvalue weighted by atomic mass is 32.2. The van der Waals surface area contributed by atoms with Gasteiger partial charge in [0, 0.05) is 5.69 Å². The molecule has 0 saturated carbocycles. The van der Waals surface area contributed by atoms with Crippen LogP contribution >= 0.6 is 0 Å². The van der Waals surface area contributed by atoms with Gasteiger partial charge >= 0.3 is 5.76 Å². The van der Waals surface area contributed by atoms with Gasteiger partial charge in [0.25, 0.3) is 0 Å². The number of para-hydroxylation sites is 1. The molecule has 5 nitrogen and oxygen atoms in total. The normalized spacial score (nSPS) is 11.7. The molecule has 0 fully saturated rings. The van der Waals surface area contributed by atoms with Crippen LogP contribution in [0.1, 0.15) is 0 Å². The van der Waals surface area contributed by atoms with Crippen LogP contribution in [-0.2, 0) is 9.84 Å². The molecule has 0 amide bonds. The minimum absolute atomic E-state index is 0.272. The predicted molar refractivity (Wildman–Crippen MR) is 86.4 cm³/mol. The first-order valence-electron chi connectivity index (χ1n) is 7.06. The largest absolute Gasteiger partial charge is 0.353 e. The lowest BCUT2D eigenvalue weighted by Crippen LogP contribution is -2.11. The van der Waals surface area contributed by atoms with E-state index in [1.165, 1.54) is 29.1 Å². The molecule has 0 aliphatic heterocycles. The summed E-state index contributed by atoms with van der Waals surface area (Å²) in [5.74, 6) is -3.90. The fourth-order valence-corrected chi connectivity index (χ4v) is 2.88. The highest BCUT2D eigenvalue weighted by molar-refractivity contribution is 7.91. The molecule has 1 aromatic heterocycles. The second kappa shape index (κ2) is 6.60. The van der Waals surface area contributed by atoms with Crippen molar-refractivity contribution in [3.05, 3.63) is 66.7 Å². The monoisotopic (exact) mass is 367 g/mol. The third kappa shape index (κ3) is 3.50. The Morgan fingerprint density at radius 2 is 1.68 bits per heavy atom. The molecule has 0 aliphatic carbocycles. The molecule has 0 aliphatic rings. The van der Waals surface area contributed by atoms with Gasteiger partial charge in [-0.3, -0.25) is 0 Å². The van der Waals surface area contributed by atoms with E-state index < -0.39 is 26.3 Å². The smallest absolute Gasteiger partial charge is 0.341 e. The summed E-state index contributed by atoms with van der Waals surface area (Å²) in [5, 5.41) is 6.98. The Labute approximate surface area is 141 Å². The molecule has 2 aromatic carbocycles. The van der Waals surface area contributed by atoms with Gasteiger partial charge in [0.15, 0.2) is 0 Å². The van der Waals surface area contributed by atoms with Crippen molar-refractivity contribution in [3.63, 3.8) is 0 Å². The predicted octanol–water partition coefficient (Wildman–Crippen LogP) is 3.75. The SMILES string of the molecule is O=S(=O)(c1ccc(Nc2cnn(-c3ccccc3F)c2)cc1)C(F)F. The highest BCUT2D eigenvalue weighted by Gasteiger charge is 2.26. The average Bonchev–Trinajstić information content (AvgIpc) is 3.04. The van der Waals surface area contributed by atoms with Crippen molar-refractivity contribution < 1.29 is 21.6 Å². The second-order valence-electron chi connectivity index (χ2n) is 5.08. The van der Waals surface area contributed by atoms with Gasteiger partial charge in [0.1, 0.15) is 11.5 Å². The average molecular weight is 367 g/mol. The lowest BCUT2D eigenvalue weighted by atomic mass is 10.3. The zero-order chi connectivity index (χ0) is 18.0. The lowest BCUT2D eigenvalue weighted by molar-refractivity contribution is 0.234. The summed E-state index contributed by atoms with van der Waals surface area (Å²) in [7, 11) is -4.62. The molecule has 0 unspecified atom stereocenters. The Morgan fingerprint density at radius 1 is 1.00 bits per heavy atom. The van der Waals surface area contributed by atoms with E-state index in [4.69, 9.17) is 0 Å². The van der Waals surface area contributed by atoms with Crippen LogP contribution in [0.2, 0.25) is 0 Å². The van der Waals surface area contributed by atoms with Gasteiger partial charge in [0.05, 0.1) is 23.0 Å². The fraction of sp³-hybridized carbons (Fsp3) is 0.0625. The summed E-state index contributed by atoms with van der Waals surface area (Å²) in [6, 6.07) is 11.0. The Bertz CT molecular complexity index is 986. The standard InChI is InChI=1S/C16H12F3N3O2S/c17-14-3-1-2-4-15(14)22-10-12(9-20-22)21-11-5-7-13(8-6-11)25(23,24)16(18)19/h1-10,16,21H. The summed E-state index contributed by atoms with van der Waals surface area (Å²) < 4.78 is 62.8. The molecule has 1 heterocycles. The molecule has 0 spiro atoms. The van der Waals surface area contributed by atoms with Crippen LogP contribution < -0.4 is 5.32 Å². The van der Waals surface area contributed by atoms with Gasteiger partial charge < -0.3 is 5.32 Å². The topological polar surface area (TPSA) is 64.0 Å². The Kier molecular flexibility index (Phi) is 4.49. The molecule has 3 aromatic rings. The summed E-state index contributed by atoms with van der Waals surface area (Å²) in [6.45, 7) is 0. The van der Waals surface area contributed by atoms with E-state index in [1.54, 1.807) is 24.4 Å². The van der Waals surface area contributed by atoms with E-state index in [1.807, 2.05) is 0 Å². The van der Waals surface area contributed by atoms with Crippen LogP contribution in [0.5, 0.6) is 0 Å². The number of anilines is 2. The Balaban J connectivity index is 1.79. The highest BCUT2D eigenvalue weighted by Crippen LogP contribution is 2.23. The zero-order valence-electron chi connectivity index (χ0n) is 12.6.